The van der Waals surface area contributed by atoms with Gasteiger partial charge in [-0.2, -0.15) is 4.98 Å². The van der Waals surface area contributed by atoms with Crippen molar-refractivity contribution >= 4 is 18.6 Å². The maximum atomic E-state index is 12.5. The second kappa shape index (κ2) is 8.79. The molecule has 0 amide bonds. The molecule has 13 heteroatoms. The standard InChI is InChI=1S/C19H28N3O9P/c1-5-19(4,31-32(28,29)10(3)23)7-13-14(25)15(26)17(30-13)22-8-11-12(24)6-9(2)20-16(11)21-18(22)27/h6,8,10,13-15,17,23,25-26H,5,7H2,1-4H3,(H,28,29)(H,20,21,27)/t10?,13-,14?,15+,17-,19?/m1/s1. The van der Waals surface area contributed by atoms with E-state index in [0.717, 1.165) is 11.5 Å². The van der Waals surface area contributed by atoms with Crippen LogP contribution in [0.15, 0.2) is 21.9 Å². The number of rotatable bonds is 7. The van der Waals surface area contributed by atoms with E-state index in [1.54, 1.807) is 13.8 Å². The van der Waals surface area contributed by atoms with Gasteiger partial charge in [0.2, 0.25) is 0 Å². The number of aromatic amines is 1. The Morgan fingerprint density at radius 3 is 2.62 bits per heavy atom. The van der Waals surface area contributed by atoms with Crippen molar-refractivity contribution in [3.05, 3.63) is 38.7 Å². The summed E-state index contributed by atoms with van der Waals surface area (Å²) < 4.78 is 24.1. The van der Waals surface area contributed by atoms with Gasteiger partial charge in [-0.1, -0.05) is 6.92 Å². The zero-order chi connectivity index (χ0) is 24.0. The number of aliphatic hydroxyl groups excluding tert-OH is 3. The predicted molar refractivity (Wildman–Crippen MR) is 113 cm³/mol. The quantitative estimate of drug-likeness (QED) is 0.346. The summed E-state index contributed by atoms with van der Waals surface area (Å²) in [4.78, 5) is 41.4. The van der Waals surface area contributed by atoms with Crippen LogP contribution < -0.4 is 11.1 Å². The summed E-state index contributed by atoms with van der Waals surface area (Å²) in [5.41, 5.74) is -1.87. The molecule has 1 aliphatic heterocycles. The Labute approximate surface area is 183 Å². The number of aromatic nitrogens is 3. The Bertz CT molecular complexity index is 1160. The summed E-state index contributed by atoms with van der Waals surface area (Å²) >= 11 is 0. The fourth-order valence-corrected chi connectivity index (χ4v) is 4.60. The molecule has 0 radical (unpaired) electrons. The lowest BCUT2D eigenvalue weighted by Gasteiger charge is -2.34. The van der Waals surface area contributed by atoms with Crippen LogP contribution in [0.2, 0.25) is 0 Å². The molecule has 1 aliphatic rings. The smallest absolute Gasteiger partial charge is 0.356 e. The zero-order valence-electron chi connectivity index (χ0n) is 18.1. The normalized spacial score (nSPS) is 28.4. The van der Waals surface area contributed by atoms with Crippen LogP contribution >= 0.6 is 7.60 Å². The number of H-pyrrole nitrogens is 1. The lowest BCUT2D eigenvalue weighted by molar-refractivity contribution is -0.0691. The number of pyridine rings is 1. The summed E-state index contributed by atoms with van der Waals surface area (Å²) in [6.07, 6.45) is -4.11. The highest BCUT2D eigenvalue weighted by molar-refractivity contribution is 7.53. The minimum Gasteiger partial charge on any atom is -0.388 e. The SMILES string of the molecule is CCC(C)(C[C@H]1O[C@@H](n2cc3c(=O)cc(C)[nH]c3nc2=O)[C@@H](O)C1O)OP(=O)(O)C(C)O. The highest BCUT2D eigenvalue weighted by Gasteiger charge is 2.48. The molecule has 7 atom stereocenters. The number of aliphatic hydroxyl groups is 3. The molecule has 5 N–H and O–H groups in total. The van der Waals surface area contributed by atoms with Crippen LogP contribution in [0.1, 0.15) is 45.5 Å². The van der Waals surface area contributed by atoms with E-state index < -0.39 is 49.3 Å². The summed E-state index contributed by atoms with van der Waals surface area (Å²) in [7, 11) is -4.36. The number of nitrogens with one attached hydrogen (secondary N) is 1. The molecule has 0 spiro atoms. The van der Waals surface area contributed by atoms with Gasteiger partial charge in [-0.05, 0) is 27.2 Å². The zero-order valence-corrected chi connectivity index (χ0v) is 19.0. The summed E-state index contributed by atoms with van der Waals surface area (Å²) in [5.74, 6) is -1.62. The Hall–Kier alpha value is -1.92. The largest absolute Gasteiger partial charge is 0.388 e. The lowest BCUT2D eigenvalue weighted by atomic mass is 9.93. The second-order valence-corrected chi connectivity index (χ2v) is 10.4. The van der Waals surface area contributed by atoms with E-state index in [1.807, 2.05) is 0 Å². The van der Waals surface area contributed by atoms with E-state index in [0.29, 0.717) is 5.69 Å². The van der Waals surface area contributed by atoms with Crippen molar-refractivity contribution < 1.29 is 34.0 Å². The number of hydrogen-bond acceptors (Lipinski definition) is 9. The minimum atomic E-state index is -4.36. The average Bonchev–Trinajstić information content (AvgIpc) is 2.95. The maximum absolute atomic E-state index is 12.5. The highest BCUT2D eigenvalue weighted by Crippen LogP contribution is 2.52. The fourth-order valence-electron chi connectivity index (χ4n) is 3.62. The lowest BCUT2D eigenvalue weighted by Crippen LogP contribution is -2.39. The van der Waals surface area contributed by atoms with Crippen molar-refractivity contribution in [3.63, 3.8) is 0 Å². The molecule has 12 nitrogen and oxygen atoms in total. The highest BCUT2D eigenvalue weighted by atomic mass is 31.2. The summed E-state index contributed by atoms with van der Waals surface area (Å²) in [6, 6.07) is 1.34. The van der Waals surface area contributed by atoms with Crippen LogP contribution in [-0.4, -0.2) is 64.5 Å². The average molecular weight is 473 g/mol. The van der Waals surface area contributed by atoms with Crippen molar-refractivity contribution in [1.29, 1.82) is 0 Å². The van der Waals surface area contributed by atoms with Crippen molar-refractivity contribution in [2.75, 3.05) is 0 Å². The number of hydrogen-bond donors (Lipinski definition) is 5. The van der Waals surface area contributed by atoms with Gasteiger partial charge in [0.1, 0.15) is 17.9 Å². The van der Waals surface area contributed by atoms with Crippen molar-refractivity contribution in [3.8, 4) is 0 Å². The van der Waals surface area contributed by atoms with Gasteiger partial charge in [0, 0.05) is 24.4 Å². The molecular weight excluding hydrogens is 445 g/mol. The molecular formula is C19H28N3O9P. The van der Waals surface area contributed by atoms with Crippen molar-refractivity contribution in [2.24, 2.45) is 0 Å². The predicted octanol–water partition coefficient (Wildman–Crippen LogP) is 0.112. The van der Waals surface area contributed by atoms with E-state index in [2.05, 4.69) is 9.97 Å². The van der Waals surface area contributed by atoms with Crippen LogP contribution in [-0.2, 0) is 13.8 Å². The molecule has 2 aromatic heterocycles. The molecule has 32 heavy (non-hydrogen) atoms. The molecule has 0 bridgehead atoms. The molecule has 4 unspecified atom stereocenters. The van der Waals surface area contributed by atoms with Gasteiger partial charge < -0.3 is 34.5 Å². The number of ether oxygens (including phenoxy) is 1. The van der Waals surface area contributed by atoms with E-state index >= 15 is 0 Å². The third-order valence-corrected chi connectivity index (χ3v) is 7.34. The van der Waals surface area contributed by atoms with Crippen molar-refractivity contribution in [2.45, 2.75) is 76.5 Å². The van der Waals surface area contributed by atoms with E-state index in [9.17, 15) is 34.4 Å². The molecule has 178 valence electrons. The van der Waals surface area contributed by atoms with Crippen LogP contribution in [0.25, 0.3) is 11.0 Å². The molecule has 1 fully saturated rings. The van der Waals surface area contributed by atoms with Gasteiger partial charge in [0.15, 0.2) is 17.5 Å². The van der Waals surface area contributed by atoms with E-state index in [4.69, 9.17) is 9.26 Å². The number of nitrogens with zero attached hydrogens (tertiary/aromatic N) is 2. The number of fused-ring (bicyclic) bond motifs is 1. The van der Waals surface area contributed by atoms with Gasteiger partial charge in [-0.3, -0.25) is 13.9 Å². The summed E-state index contributed by atoms with van der Waals surface area (Å²) in [5, 5.41) is 30.7. The number of aryl methyl sites for hydroxylation is 1. The monoisotopic (exact) mass is 473 g/mol. The topological polar surface area (TPSA) is 184 Å². The Kier molecular flexibility index (Phi) is 6.79. The molecule has 0 saturated carbocycles. The Morgan fingerprint density at radius 2 is 2.03 bits per heavy atom. The first-order valence-electron chi connectivity index (χ1n) is 10.1. The van der Waals surface area contributed by atoms with E-state index in [-0.39, 0.29) is 29.3 Å². The first-order chi connectivity index (χ1) is 14.8. The molecule has 1 saturated heterocycles. The van der Waals surface area contributed by atoms with Crippen molar-refractivity contribution in [1.82, 2.24) is 14.5 Å². The van der Waals surface area contributed by atoms with Crippen LogP contribution in [0.3, 0.4) is 0 Å². The maximum Gasteiger partial charge on any atom is 0.356 e. The van der Waals surface area contributed by atoms with Crippen LogP contribution in [0, 0.1) is 6.92 Å². The molecule has 0 aromatic carbocycles. The first-order valence-corrected chi connectivity index (χ1v) is 11.8. The molecule has 3 heterocycles. The third-order valence-electron chi connectivity index (χ3n) is 5.70. The minimum absolute atomic E-state index is 0.0876. The Morgan fingerprint density at radius 1 is 1.38 bits per heavy atom. The fraction of sp³-hybridized carbons (Fsp3) is 0.632. The molecule has 2 aromatic rings. The summed E-state index contributed by atoms with van der Waals surface area (Å²) in [6.45, 7) is 5.97. The van der Waals surface area contributed by atoms with Crippen LogP contribution in [0.5, 0.6) is 0 Å². The third kappa shape index (κ3) is 4.72. The Balaban J connectivity index is 1.91. The first kappa shape index (κ1) is 24.7. The van der Waals surface area contributed by atoms with Gasteiger partial charge >= 0.3 is 13.3 Å². The molecule has 3 rings (SSSR count). The van der Waals surface area contributed by atoms with Gasteiger partial charge in [-0.25, -0.2) is 4.79 Å². The van der Waals surface area contributed by atoms with Gasteiger partial charge in [-0.15, -0.1) is 0 Å². The second-order valence-electron chi connectivity index (χ2n) is 8.35. The van der Waals surface area contributed by atoms with Gasteiger partial charge in [0.05, 0.1) is 17.1 Å². The van der Waals surface area contributed by atoms with Crippen LogP contribution in [0.4, 0.5) is 0 Å². The van der Waals surface area contributed by atoms with E-state index in [1.165, 1.54) is 19.2 Å². The van der Waals surface area contributed by atoms with Gasteiger partial charge in [0.25, 0.3) is 0 Å². The molecule has 0 aliphatic carbocycles.